The second kappa shape index (κ2) is 9.33. The number of rotatable bonds is 7. The molecule has 2 aliphatic heterocycles. The van der Waals surface area contributed by atoms with E-state index in [0.29, 0.717) is 11.3 Å². The molecular formula is C19H18N6O5S3. The lowest BCUT2D eigenvalue weighted by atomic mass is 10.0. The van der Waals surface area contributed by atoms with Crippen molar-refractivity contribution >= 4 is 69.1 Å². The Bertz CT molecular complexity index is 1220. The average Bonchev–Trinajstić information content (AvgIpc) is 3.40. The van der Waals surface area contributed by atoms with Crippen LogP contribution in [0.1, 0.15) is 16.3 Å². The molecule has 2 aromatic heterocycles. The van der Waals surface area contributed by atoms with Crippen molar-refractivity contribution < 1.29 is 24.3 Å². The number of anilines is 1. The van der Waals surface area contributed by atoms with Gasteiger partial charge >= 0.3 is 5.97 Å². The molecule has 33 heavy (non-hydrogen) atoms. The van der Waals surface area contributed by atoms with Crippen LogP contribution in [0.5, 0.6) is 0 Å². The van der Waals surface area contributed by atoms with E-state index in [1.807, 2.05) is 6.92 Å². The number of nitrogens with one attached hydrogen (secondary N) is 1. The number of β-lactam (4-membered cyclic amide) rings is 1. The highest BCUT2D eigenvalue weighted by Crippen LogP contribution is 2.41. The highest BCUT2D eigenvalue weighted by atomic mass is 32.2. The summed E-state index contributed by atoms with van der Waals surface area (Å²) in [6.45, 7) is 1.86. The molecule has 4 N–H and O–H groups in total. The molecule has 11 nitrogen and oxygen atoms in total. The van der Waals surface area contributed by atoms with E-state index in [9.17, 15) is 19.5 Å². The zero-order valence-electron chi connectivity index (χ0n) is 17.3. The molecule has 0 saturated carbocycles. The van der Waals surface area contributed by atoms with E-state index in [1.165, 1.54) is 35.1 Å². The summed E-state index contributed by atoms with van der Waals surface area (Å²) in [5.41, 5.74) is 8.68. The summed E-state index contributed by atoms with van der Waals surface area (Å²) in [6.07, 6.45) is 3.49. The number of carbonyl (C=O) groups is 3. The lowest BCUT2D eigenvalue weighted by Crippen LogP contribution is -2.71. The summed E-state index contributed by atoms with van der Waals surface area (Å²) in [5, 5.41) is 17.4. The van der Waals surface area contributed by atoms with Gasteiger partial charge in [-0.2, -0.15) is 0 Å². The molecule has 14 heteroatoms. The second-order valence-electron chi connectivity index (χ2n) is 6.87. The standard InChI is InChI=1S/C19H18N6O5S3/c1-8-11(33-7-21-8)4-3-9-5-31-17-13(16(27)25(17)14(9)18(28)29)23-15(26)12(24-30-2)10-6-32-19(20)22-10/h3-4,6-7,13,17H,5H2,1-2H3,(H2,20,22)(H,23,26)(H,28,29)/b4-3-,24-12+. The Morgan fingerprint density at radius 1 is 1.39 bits per heavy atom. The first kappa shape index (κ1) is 22.9. The summed E-state index contributed by atoms with van der Waals surface area (Å²) >= 11 is 3.94. The Morgan fingerprint density at radius 3 is 2.79 bits per heavy atom. The maximum absolute atomic E-state index is 12.9. The molecule has 2 aromatic rings. The fraction of sp³-hybridized carbons (Fsp3) is 0.263. The molecule has 2 amide bonds. The minimum atomic E-state index is -1.21. The van der Waals surface area contributed by atoms with Gasteiger partial charge in [-0.25, -0.2) is 14.8 Å². The first-order valence-corrected chi connectivity index (χ1v) is 12.2. The third-order valence-corrected chi connectivity index (χ3v) is 7.74. The molecule has 4 rings (SSSR count). The molecule has 1 saturated heterocycles. The van der Waals surface area contributed by atoms with Gasteiger partial charge in [0.25, 0.3) is 11.8 Å². The predicted octanol–water partition coefficient (Wildman–Crippen LogP) is 1.29. The summed E-state index contributed by atoms with van der Waals surface area (Å²) in [7, 11) is 1.28. The Kier molecular flexibility index (Phi) is 6.49. The first-order valence-electron chi connectivity index (χ1n) is 9.44. The Labute approximate surface area is 200 Å². The smallest absolute Gasteiger partial charge is 0.352 e. The molecule has 2 unspecified atom stereocenters. The Hall–Kier alpha value is -3.23. The van der Waals surface area contributed by atoms with Crippen molar-refractivity contribution in [1.82, 2.24) is 20.2 Å². The van der Waals surface area contributed by atoms with Gasteiger partial charge < -0.3 is 21.0 Å². The number of carboxylic acids is 1. The molecule has 0 spiro atoms. The van der Waals surface area contributed by atoms with Gasteiger partial charge in [0.1, 0.15) is 29.9 Å². The topological polar surface area (TPSA) is 160 Å². The molecule has 172 valence electrons. The van der Waals surface area contributed by atoms with Gasteiger partial charge in [-0.1, -0.05) is 11.2 Å². The molecule has 1 fully saturated rings. The summed E-state index contributed by atoms with van der Waals surface area (Å²) in [5.74, 6) is -2.04. The molecule has 2 aliphatic rings. The van der Waals surface area contributed by atoms with Gasteiger partial charge in [0.2, 0.25) is 0 Å². The number of aromatic nitrogens is 2. The van der Waals surface area contributed by atoms with Crippen LogP contribution >= 0.6 is 34.4 Å². The number of amides is 2. The molecule has 0 aliphatic carbocycles. The van der Waals surface area contributed by atoms with Crippen LogP contribution in [-0.2, 0) is 19.2 Å². The van der Waals surface area contributed by atoms with E-state index in [0.717, 1.165) is 21.9 Å². The number of thiazole rings is 2. The van der Waals surface area contributed by atoms with Gasteiger partial charge in [-0.3, -0.25) is 14.5 Å². The van der Waals surface area contributed by atoms with Crippen molar-refractivity contribution in [2.24, 2.45) is 5.16 Å². The quantitative estimate of drug-likeness (QED) is 0.286. The van der Waals surface area contributed by atoms with E-state index in [1.54, 1.807) is 23.0 Å². The first-order chi connectivity index (χ1) is 15.8. The number of nitrogen functional groups attached to an aromatic ring is 1. The predicted molar refractivity (Wildman–Crippen MR) is 126 cm³/mol. The number of aliphatic carboxylic acids is 1. The van der Waals surface area contributed by atoms with Gasteiger partial charge in [0, 0.05) is 16.0 Å². The van der Waals surface area contributed by atoms with Crippen molar-refractivity contribution in [3.8, 4) is 0 Å². The fourth-order valence-electron chi connectivity index (χ4n) is 3.32. The summed E-state index contributed by atoms with van der Waals surface area (Å²) < 4.78 is 0. The zero-order valence-corrected chi connectivity index (χ0v) is 19.8. The number of hydrogen-bond acceptors (Lipinski definition) is 11. The van der Waals surface area contributed by atoms with Crippen LogP contribution in [0.2, 0.25) is 0 Å². The average molecular weight is 507 g/mol. The minimum absolute atomic E-state index is 0.0919. The highest BCUT2D eigenvalue weighted by molar-refractivity contribution is 8.00. The summed E-state index contributed by atoms with van der Waals surface area (Å²) in [6, 6.07) is -0.913. The van der Waals surface area contributed by atoms with E-state index >= 15 is 0 Å². The minimum Gasteiger partial charge on any atom is -0.477 e. The van der Waals surface area contributed by atoms with Gasteiger partial charge in [-0.15, -0.1) is 34.4 Å². The van der Waals surface area contributed by atoms with Crippen molar-refractivity contribution in [3.63, 3.8) is 0 Å². The fourth-order valence-corrected chi connectivity index (χ4v) is 5.88. The second-order valence-corrected chi connectivity index (χ2v) is 9.75. The van der Waals surface area contributed by atoms with Crippen LogP contribution < -0.4 is 11.1 Å². The monoisotopic (exact) mass is 506 g/mol. The van der Waals surface area contributed by atoms with E-state index < -0.39 is 29.2 Å². The van der Waals surface area contributed by atoms with Crippen molar-refractivity contribution in [3.05, 3.63) is 44.5 Å². The van der Waals surface area contributed by atoms with E-state index in [2.05, 4.69) is 20.4 Å². The third-order valence-electron chi connectivity index (χ3n) is 4.87. The Morgan fingerprint density at radius 2 is 2.18 bits per heavy atom. The number of aryl methyl sites for hydroxylation is 1. The normalized spacial score (nSPS) is 20.6. The van der Waals surface area contributed by atoms with Crippen LogP contribution in [0.3, 0.4) is 0 Å². The van der Waals surface area contributed by atoms with Gasteiger partial charge in [-0.05, 0) is 18.6 Å². The van der Waals surface area contributed by atoms with Crippen LogP contribution in [0.25, 0.3) is 6.08 Å². The molecule has 4 heterocycles. The number of carbonyl (C=O) groups excluding carboxylic acids is 2. The number of thioether (sulfide) groups is 1. The zero-order chi connectivity index (χ0) is 23.7. The molecule has 0 radical (unpaired) electrons. The molecular weight excluding hydrogens is 488 g/mol. The number of nitrogens with zero attached hydrogens (tertiary/aromatic N) is 4. The largest absolute Gasteiger partial charge is 0.477 e. The van der Waals surface area contributed by atoms with Crippen molar-refractivity contribution in [2.45, 2.75) is 18.3 Å². The summed E-state index contributed by atoms with van der Waals surface area (Å²) in [4.78, 5) is 52.7. The van der Waals surface area contributed by atoms with E-state index in [-0.39, 0.29) is 22.2 Å². The van der Waals surface area contributed by atoms with Gasteiger partial charge in [0.05, 0.1) is 11.2 Å². The number of fused-ring (bicyclic) bond motifs is 1. The third kappa shape index (κ3) is 4.36. The van der Waals surface area contributed by atoms with Crippen molar-refractivity contribution in [2.75, 3.05) is 18.6 Å². The van der Waals surface area contributed by atoms with Crippen molar-refractivity contribution in [1.29, 1.82) is 0 Å². The number of allylic oxidation sites excluding steroid dienone is 1. The Balaban J connectivity index is 1.54. The number of hydrogen-bond donors (Lipinski definition) is 3. The van der Waals surface area contributed by atoms with Crippen LogP contribution in [0.4, 0.5) is 5.13 Å². The number of carboxylic acid groups (broad SMARTS) is 1. The molecule has 2 atom stereocenters. The number of nitrogens with two attached hydrogens (primary N) is 1. The van der Waals surface area contributed by atoms with Gasteiger partial charge in [0.15, 0.2) is 10.8 Å². The van der Waals surface area contributed by atoms with E-state index in [4.69, 9.17) is 10.6 Å². The SMILES string of the molecule is CO/N=C(/C(=O)NC1C(=O)N2C(C(=O)O)=C(/C=C\c3scnc3C)CSC12)c1csc(N)n1. The number of oxime groups is 1. The lowest BCUT2D eigenvalue weighted by molar-refractivity contribution is -0.150. The van der Waals surface area contributed by atoms with Crippen LogP contribution in [0.15, 0.2) is 33.4 Å². The van der Waals surface area contributed by atoms with Crippen LogP contribution in [-0.4, -0.2) is 67.7 Å². The molecule has 0 aromatic carbocycles. The highest BCUT2D eigenvalue weighted by Gasteiger charge is 2.54. The maximum Gasteiger partial charge on any atom is 0.352 e. The van der Waals surface area contributed by atoms with Crippen LogP contribution in [0, 0.1) is 6.92 Å². The maximum atomic E-state index is 12.9. The molecule has 0 bridgehead atoms. The lowest BCUT2D eigenvalue weighted by Gasteiger charge is -2.49.